The van der Waals surface area contributed by atoms with Crippen LogP contribution in [0.2, 0.25) is 0 Å². The highest BCUT2D eigenvalue weighted by Gasteiger charge is 2.17. The second kappa shape index (κ2) is 2.51. The fourth-order valence-electron chi connectivity index (χ4n) is 1.17. The summed E-state index contributed by atoms with van der Waals surface area (Å²) in [5.41, 5.74) is -0.955. The monoisotopic (exact) mass is 179 g/mol. The van der Waals surface area contributed by atoms with Gasteiger partial charge in [0, 0.05) is 12.6 Å². The SMILES string of the molecule is O=C1N=CCc2c1[nH]c(=O)[nH]c2=O. The number of carbonyl (C=O) groups is 1. The minimum Gasteiger partial charge on any atom is -0.302 e. The van der Waals surface area contributed by atoms with E-state index in [0.29, 0.717) is 0 Å². The van der Waals surface area contributed by atoms with Crippen molar-refractivity contribution in [1.29, 1.82) is 0 Å². The van der Waals surface area contributed by atoms with E-state index in [0.717, 1.165) is 0 Å². The van der Waals surface area contributed by atoms with Gasteiger partial charge in [-0.3, -0.25) is 14.6 Å². The molecule has 1 amide bonds. The third kappa shape index (κ3) is 1.12. The first-order chi connectivity index (χ1) is 6.18. The molecule has 0 aliphatic carbocycles. The maximum absolute atomic E-state index is 11.1. The van der Waals surface area contributed by atoms with Gasteiger partial charge in [-0.1, -0.05) is 0 Å². The topological polar surface area (TPSA) is 95.2 Å². The molecule has 0 atom stereocenters. The van der Waals surface area contributed by atoms with E-state index in [1.54, 1.807) is 0 Å². The number of H-pyrrole nitrogens is 2. The number of hydrogen-bond acceptors (Lipinski definition) is 3. The van der Waals surface area contributed by atoms with E-state index in [4.69, 9.17) is 0 Å². The van der Waals surface area contributed by atoms with Crippen LogP contribution in [0.1, 0.15) is 16.1 Å². The molecular formula is C7H5N3O3. The van der Waals surface area contributed by atoms with Crippen LogP contribution in [0.5, 0.6) is 0 Å². The highest BCUT2D eigenvalue weighted by atomic mass is 16.2. The number of aromatic nitrogens is 2. The number of fused-ring (bicyclic) bond motifs is 1. The van der Waals surface area contributed by atoms with E-state index < -0.39 is 17.2 Å². The molecule has 0 saturated carbocycles. The van der Waals surface area contributed by atoms with Crippen molar-refractivity contribution in [1.82, 2.24) is 9.97 Å². The van der Waals surface area contributed by atoms with Crippen molar-refractivity contribution in [3.05, 3.63) is 32.1 Å². The number of hydrogen-bond donors (Lipinski definition) is 2. The predicted molar refractivity (Wildman–Crippen MR) is 44.2 cm³/mol. The molecule has 0 bridgehead atoms. The van der Waals surface area contributed by atoms with E-state index in [1.165, 1.54) is 6.21 Å². The number of nitrogens with one attached hydrogen (secondary N) is 2. The smallest absolute Gasteiger partial charge is 0.302 e. The summed E-state index contributed by atoms with van der Waals surface area (Å²) in [5.74, 6) is -0.579. The van der Waals surface area contributed by atoms with Gasteiger partial charge >= 0.3 is 5.69 Å². The van der Waals surface area contributed by atoms with E-state index in [1.807, 2.05) is 4.98 Å². The summed E-state index contributed by atoms with van der Waals surface area (Å²) in [7, 11) is 0. The molecule has 2 heterocycles. The summed E-state index contributed by atoms with van der Waals surface area (Å²) >= 11 is 0. The van der Waals surface area contributed by atoms with E-state index in [9.17, 15) is 14.4 Å². The van der Waals surface area contributed by atoms with Gasteiger partial charge in [0.2, 0.25) is 0 Å². The average molecular weight is 179 g/mol. The standard InChI is InChI=1S/C7H5N3O3/c11-5-3-1-2-8-6(12)4(3)9-7(13)10-5/h2H,1H2,(H2,9,10,11,13). The van der Waals surface area contributed by atoms with Crippen molar-refractivity contribution in [2.75, 3.05) is 0 Å². The van der Waals surface area contributed by atoms with Crippen LogP contribution in [0.15, 0.2) is 14.6 Å². The lowest BCUT2D eigenvalue weighted by molar-refractivity contribution is 0.0995. The molecule has 0 fully saturated rings. The molecule has 1 aliphatic rings. The summed E-state index contributed by atoms with van der Waals surface area (Å²) in [6.07, 6.45) is 1.62. The van der Waals surface area contributed by atoms with Gasteiger partial charge in [0.15, 0.2) is 0 Å². The van der Waals surface area contributed by atoms with Gasteiger partial charge in [-0.05, 0) is 0 Å². The molecule has 1 aromatic heterocycles. The molecule has 1 aromatic rings. The molecule has 2 N–H and O–H groups in total. The van der Waals surface area contributed by atoms with Crippen LogP contribution in [0.4, 0.5) is 0 Å². The molecule has 6 heteroatoms. The van der Waals surface area contributed by atoms with Crippen molar-refractivity contribution in [2.24, 2.45) is 4.99 Å². The first kappa shape index (κ1) is 7.66. The Morgan fingerprint density at radius 1 is 1.23 bits per heavy atom. The Kier molecular flexibility index (Phi) is 1.48. The fraction of sp³-hybridized carbons (Fsp3) is 0.143. The van der Waals surface area contributed by atoms with Gasteiger partial charge in [0.1, 0.15) is 5.69 Å². The summed E-state index contributed by atoms with van der Waals surface area (Å²) in [5, 5.41) is 0. The molecule has 0 unspecified atom stereocenters. The van der Waals surface area contributed by atoms with Crippen LogP contribution < -0.4 is 11.2 Å². The lowest BCUT2D eigenvalue weighted by Crippen LogP contribution is -2.31. The van der Waals surface area contributed by atoms with Crippen LogP contribution in [-0.4, -0.2) is 22.1 Å². The molecule has 6 nitrogen and oxygen atoms in total. The van der Waals surface area contributed by atoms with Crippen molar-refractivity contribution < 1.29 is 4.79 Å². The molecule has 0 saturated heterocycles. The molecule has 0 aromatic carbocycles. The Balaban J connectivity index is 2.82. The zero-order valence-electron chi connectivity index (χ0n) is 6.46. The average Bonchev–Trinajstić information content (AvgIpc) is 2.07. The molecule has 2 rings (SSSR count). The first-order valence-corrected chi connectivity index (χ1v) is 3.61. The highest BCUT2D eigenvalue weighted by molar-refractivity contribution is 6.01. The van der Waals surface area contributed by atoms with Crippen molar-refractivity contribution in [3.63, 3.8) is 0 Å². The van der Waals surface area contributed by atoms with Crippen LogP contribution in [0.3, 0.4) is 0 Å². The number of aliphatic imine (C=N–C) groups is 1. The molecule has 1 aliphatic heterocycles. The van der Waals surface area contributed by atoms with Crippen molar-refractivity contribution >= 4 is 12.1 Å². The Morgan fingerprint density at radius 2 is 2.00 bits per heavy atom. The molecular weight excluding hydrogens is 174 g/mol. The Labute approximate surface area is 71.3 Å². The summed E-state index contributed by atoms with van der Waals surface area (Å²) in [6, 6.07) is 0. The summed E-state index contributed by atoms with van der Waals surface area (Å²) < 4.78 is 0. The van der Waals surface area contributed by atoms with Gasteiger partial charge < -0.3 is 4.98 Å². The van der Waals surface area contributed by atoms with Gasteiger partial charge in [-0.25, -0.2) is 9.79 Å². The number of rotatable bonds is 0. The minimum atomic E-state index is -0.686. The maximum Gasteiger partial charge on any atom is 0.326 e. The third-order valence-corrected chi connectivity index (χ3v) is 1.76. The van der Waals surface area contributed by atoms with Crippen LogP contribution >= 0.6 is 0 Å². The number of amides is 1. The van der Waals surface area contributed by atoms with Crippen LogP contribution in [-0.2, 0) is 6.42 Å². The first-order valence-electron chi connectivity index (χ1n) is 3.61. The predicted octanol–water partition coefficient (Wildman–Crippen LogP) is -1.17. The van der Waals surface area contributed by atoms with Crippen molar-refractivity contribution in [2.45, 2.75) is 6.42 Å². The molecule has 13 heavy (non-hydrogen) atoms. The Morgan fingerprint density at radius 3 is 2.77 bits per heavy atom. The largest absolute Gasteiger partial charge is 0.326 e. The van der Waals surface area contributed by atoms with E-state index in [2.05, 4.69) is 9.98 Å². The molecule has 0 spiro atoms. The van der Waals surface area contributed by atoms with Gasteiger partial charge in [0.25, 0.3) is 11.5 Å². The van der Waals surface area contributed by atoms with E-state index in [-0.39, 0.29) is 17.7 Å². The lowest BCUT2D eigenvalue weighted by atomic mass is 10.1. The molecule has 66 valence electrons. The second-order valence-corrected chi connectivity index (χ2v) is 2.58. The zero-order chi connectivity index (χ0) is 9.42. The summed E-state index contributed by atoms with van der Waals surface area (Å²) in [4.78, 5) is 40.8. The Bertz CT molecular complexity index is 508. The lowest BCUT2D eigenvalue weighted by Gasteiger charge is -2.05. The van der Waals surface area contributed by atoms with Gasteiger partial charge in [0.05, 0.1) is 5.56 Å². The minimum absolute atomic E-state index is 0.00347. The number of aromatic amines is 2. The zero-order valence-corrected chi connectivity index (χ0v) is 6.46. The maximum atomic E-state index is 11.1. The highest BCUT2D eigenvalue weighted by Crippen LogP contribution is 2.04. The van der Waals surface area contributed by atoms with Crippen LogP contribution in [0, 0.1) is 0 Å². The van der Waals surface area contributed by atoms with E-state index >= 15 is 0 Å². The third-order valence-electron chi connectivity index (χ3n) is 1.76. The number of carbonyl (C=O) groups excluding carboxylic acids is 1. The van der Waals surface area contributed by atoms with Gasteiger partial charge in [-0.15, -0.1) is 0 Å². The summed E-state index contributed by atoms with van der Waals surface area (Å²) in [6.45, 7) is 0. The fourth-order valence-corrected chi connectivity index (χ4v) is 1.17. The van der Waals surface area contributed by atoms with Crippen LogP contribution in [0.25, 0.3) is 0 Å². The second-order valence-electron chi connectivity index (χ2n) is 2.58. The molecule has 0 radical (unpaired) electrons. The quantitative estimate of drug-likeness (QED) is 0.525. The Hall–Kier alpha value is -1.98. The van der Waals surface area contributed by atoms with Gasteiger partial charge in [-0.2, -0.15) is 0 Å². The number of nitrogens with zero attached hydrogens (tertiary/aromatic N) is 1. The van der Waals surface area contributed by atoms with Crippen molar-refractivity contribution in [3.8, 4) is 0 Å². The normalized spacial score (nSPS) is 14.3.